The Labute approximate surface area is 164 Å². The van der Waals surface area contributed by atoms with Gasteiger partial charge in [-0.2, -0.15) is 5.10 Å². The van der Waals surface area contributed by atoms with Crippen LogP contribution in [0.25, 0.3) is 0 Å². The number of phenolic OH excluding ortho intramolecular Hbond substituents is 1. The summed E-state index contributed by atoms with van der Waals surface area (Å²) in [4.78, 5) is 23.0. The van der Waals surface area contributed by atoms with E-state index in [0.717, 1.165) is 6.07 Å². The summed E-state index contributed by atoms with van der Waals surface area (Å²) in [7, 11) is 0. The van der Waals surface area contributed by atoms with Gasteiger partial charge in [-0.25, -0.2) is 9.98 Å². The Morgan fingerprint density at radius 3 is 2.57 bits per heavy atom. The van der Waals surface area contributed by atoms with Crippen molar-refractivity contribution in [2.24, 2.45) is 10.1 Å². The lowest BCUT2D eigenvalue weighted by Gasteiger charge is -2.05. The average Bonchev–Trinajstić information content (AvgIpc) is 2.70. The Kier molecular flexibility index (Phi) is 5.87. The largest absolute Gasteiger partial charge is 0.502 e. The van der Waals surface area contributed by atoms with Crippen LogP contribution in [0.4, 0.5) is 11.5 Å². The molecule has 0 aliphatic carbocycles. The number of amidine groups is 1. The second kappa shape index (κ2) is 8.69. The molecule has 3 rings (SSSR count). The molecule has 2 heterocycles. The van der Waals surface area contributed by atoms with E-state index >= 15 is 0 Å². The summed E-state index contributed by atoms with van der Waals surface area (Å²) in [5.41, 5.74) is 2.79. The molecule has 0 amide bonds. The number of hydrazone groups is 1. The topological polar surface area (TPSA) is 126 Å². The van der Waals surface area contributed by atoms with Crippen LogP contribution in [0, 0.1) is 10.1 Å². The summed E-state index contributed by atoms with van der Waals surface area (Å²) < 4.78 is 0. The maximum Gasteiger partial charge on any atom is 0.312 e. The smallest absolute Gasteiger partial charge is 0.312 e. The molecule has 0 saturated carbocycles. The third-order valence-electron chi connectivity index (χ3n) is 3.44. The molecule has 1 aromatic carbocycles. The second-order valence-corrected chi connectivity index (χ2v) is 5.79. The number of nitrogens with zero attached hydrogens (tertiary/aromatic N) is 5. The number of halogens is 1. The monoisotopic (exact) mass is 396 g/mol. The van der Waals surface area contributed by atoms with E-state index < -0.39 is 16.4 Å². The van der Waals surface area contributed by atoms with Crippen LogP contribution in [0.1, 0.15) is 11.3 Å². The number of hydrogen-bond donors (Lipinski definition) is 2. The van der Waals surface area contributed by atoms with Crippen molar-refractivity contribution in [3.05, 3.63) is 87.3 Å². The van der Waals surface area contributed by atoms with Gasteiger partial charge in [-0.3, -0.25) is 20.5 Å². The molecule has 0 aliphatic rings. The van der Waals surface area contributed by atoms with Gasteiger partial charge in [0.25, 0.3) is 0 Å². The van der Waals surface area contributed by atoms with Gasteiger partial charge in [0.15, 0.2) is 11.7 Å². The standard InChI is InChI=1S/C18H13ClN6O3/c19-13-9-12(17(26)15(10-13)25(27)28)11-22-24-18(14-5-1-3-7-20-14)23-16-6-2-4-8-21-16/h1-11,26H,(H,21,23,24). The molecular formula is C18H13ClN6O3. The molecule has 0 radical (unpaired) electrons. The van der Waals surface area contributed by atoms with E-state index in [9.17, 15) is 15.2 Å². The summed E-state index contributed by atoms with van der Waals surface area (Å²) in [5.74, 6) is 0.194. The van der Waals surface area contributed by atoms with Crippen LogP contribution < -0.4 is 5.43 Å². The van der Waals surface area contributed by atoms with Gasteiger partial charge in [-0.1, -0.05) is 23.7 Å². The van der Waals surface area contributed by atoms with Crippen LogP contribution in [-0.2, 0) is 0 Å². The van der Waals surface area contributed by atoms with Crippen molar-refractivity contribution in [2.75, 3.05) is 0 Å². The third-order valence-corrected chi connectivity index (χ3v) is 3.66. The lowest BCUT2D eigenvalue weighted by atomic mass is 10.2. The van der Waals surface area contributed by atoms with E-state index in [1.807, 2.05) is 0 Å². The van der Waals surface area contributed by atoms with Gasteiger partial charge >= 0.3 is 5.69 Å². The number of aliphatic imine (C=N–C) groups is 1. The van der Waals surface area contributed by atoms with Gasteiger partial charge in [-0.15, -0.1) is 0 Å². The van der Waals surface area contributed by atoms with E-state index in [4.69, 9.17) is 11.6 Å². The fraction of sp³-hybridized carbons (Fsp3) is 0. The van der Waals surface area contributed by atoms with E-state index in [-0.39, 0.29) is 10.6 Å². The van der Waals surface area contributed by atoms with Gasteiger partial charge in [-0.05, 0) is 30.3 Å². The highest BCUT2D eigenvalue weighted by Gasteiger charge is 2.17. The summed E-state index contributed by atoms with van der Waals surface area (Å²) in [6.45, 7) is 0. The molecule has 140 valence electrons. The second-order valence-electron chi connectivity index (χ2n) is 5.35. The first-order valence-electron chi connectivity index (χ1n) is 7.91. The molecule has 0 atom stereocenters. The fourth-order valence-corrected chi connectivity index (χ4v) is 2.40. The summed E-state index contributed by atoms with van der Waals surface area (Å²) >= 11 is 5.87. The Balaban J connectivity index is 1.91. The number of aromatic nitrogens is 2. The number of rotatable bonds is 5. The van der Waals surface area contributed by atoms with E-state index in [1.165, 1.54) is 12.3 Å². The summed E-state index contributed by atoms with van der Waals surface area (Å²) in [5, 5.41) is 25.1. The number of aromatic hydroxyl groups is 1. The number of nitro groups is 1. The molecule has 3 aromatic rings. The minimum Gasteiger partial charge on any atom is -0.502 e. The van der Waals surface area contributed by atoms with Crippen molar-refractivity contribution in [1.82, 2.24) is 15.4 Å². The Bertz CT molecular complexity index is 1040. The predicted molar refractivity (Wildman–Crippen MR) is 105 cm³/mol. The zero-order chi connectivity index (χ0) is 19.9. The van der Waals surface area contributed by atoms with Crippen molar-refractivity contribution < 1.29 is 10.0 Å². The molecule has 9 nitrogen and oxygen atoms in total. The van der Waals surface area contributed by atoms with E-state index in [2.05, 4.69) is 25.5 Å². The Morgan fingerprint density at radius 2 is 1.93 bits per heavy atom. The van der Waals surface area contributed by atoms with Crippen LogP contribution in [0.3, 0.4) is 0 Å². The zero-order valence-electron chi connectivity index (χ0n) is 14.2. The van der Waals surface area contributed by atoms with Crippen LogP contribution in [0.15, 0.2) is 71.0 Å². The quantitative estimate of drug-likeness (QED) is 0.294. The minimum atomic E-state index is -0.728. The number of nitro benzene ring substituents is 1. The lowest BCUT2D eigenvalue weighted by Crippen LogP contribution is -2.20. The molecule has 28 heavy (non-hydrogen) atoms. The number of benzene rings is 1. The first kappa shape index (κ1) is 18.9. The molecule has 0 spiro atoms. The van der Waals surface area contributed by atoms with Crippen molar-refractivity contribution in [3.8, 4) is 5.75 Å². The van der Waals surface area contributed by atoms with Gasteiger partial charge in [0.1, 0.15) is 5.69 Å². The molecule has 0 unspecified atom stereocenters. The van der Waals surface area contributed by atoms with Gasteiger partial charge in [0, 0.05) is 29.0 Å². The minimum absolute atomic E-state index is 0.0740. The highest BCUT2D eigenvalue weighted by molar-refractivity contribution is 6.31. The van der Waals surface area contributed by atoms with Gasteiger partial charge in [0.05, 0.1) is 11.1 Å². The molecule has 0 saturated heterocycles. The summed E-state index contributed by atoms with van der Waals surface area (Å²) in [6.07, 6.45) is 4.40. The van der Waals surface area contributed by atoms with Crippen LogP contribution >= 0.6 is 11.6 Å². The molecule has 0 bridgehead atoms. The van der Waals surface area contributed by atoms with E-state index in [0.29, 0.717) is 17.3 Å². The van der Waals surface area contributed by atoms with Crippen molar-refractivity contribution in [1.29, 1.82) is 0 Å². The average molecular weight is 397 g/mol. The fourth-order valence-electron chi connectivity index (χ4n) is 2.18. The van der Waals surface area contributed by atoms with E-state index in [1.54, 1.807) is 48.8 Å². The predicted octanol–water partition coefficient (Wildman–Crippen LogP) is 3.45. The van der Waals surface area contributed by atoms with Gasteiger partial charge in [0.2, 0.25) is 5.75 Å². The highest BCUT2D eigenvalue weighted by atomic mass is 35.5. The molecule has 0 aliphatic heterocycles. The number of nitrogens with one attached hydrogen (secondary N) is 1. The molecule has 2 aromatic heterocycles. The third kappa shape index (κ3) is 4.65. The Morgan fingerprint density at radius 1 is 1.18 bits per heavy atom. The normalized spacial score (nSPS) is 11.5. The van der Waals surface area contributed by atoms with Crippen molar-refractivity contribution in [2.45, 2.75) is 0 Å². The van der Waals surface area contributed by atoms with Crippen LogP contribution in [0.5, 0.6) is 5.75 Å². The first-order chi connectivity index (χ1) is 13.5. The molecule has 0 fully saturated rings. The lowest BCUT2D eigenvalue weighted by molar-refractivity contribution is -0.385. The molecule has 2 N–H and O–H groups in total. The number of pyridine rings is 2. The van der Waals surface area contributed by atoms with Crippen molar-refractivity contribution in [3.63, 3.8) is 0 Å². The van der Waals surface area contributed by atoms with Crippen LogP contribution in [-0.4, -0.2) is 32.0 Å². The Hall–Kier alpha value is -3.85. The SMILES string of the molecule is O=[N+]([O-])c1cc(Cl)cc(C=NNC(=Nc2ccccn2)c2ccccn2)c1O. The number of phenols is 1. The number of hydrogen-bond acceptors (Lipinski definition) is 7. The molecule has 10 heteroatoms. The van der Waals surface area contributed by atoms with Gasteiger partial charge < -0.3 is 5.11 Å². The summed E-state index contributed by atoms with van der Waals surface area (Å²) in [6, 6.07) is 12.9. The molecular weight excluding hydrogens is 384 g/mol. The van der Waals surface area contributed by atoms with Crippen molar-refractivity contribution >= 4 is 35.2 Å². The van der Waals surface area contributed by atoms with Crippen LogP contribution in [0.2, 0.25) is 5.02 Å². The first-order valence-corrected chi connectivity index (χ1v) is 8.29. The maximum absolute atomic E-state index is 11.0. The maximum atomic E-state index is 11.0. The zero-order valence-corrected chi connectivity index (χ0v) is 15.0. The highest BCUT2D eigenvalue weighted by Crippen LogP contribution is 2.32.